The van der Waals surface area contributed by atoms with Gasteiger partial charge < -0.3 is 14.7 Å². The van der Waals surface area contributed by atoms with Crippen LogP contribution in [0.5, 0.6) is 5.75 Å². The van der Waals surface area contributed by atoms with Gasteiger partial charge in [-0.3, -0.25) is 4.79 Å². The van der Waals surface area contributed by atoms with Gasteiger partial charge in [0.05, 0.1) is 13.2 Å². The summed E-state index contributed by atoms with van der Waals surface area (Å²) < 4.78 is 48.5. The highest BCUT2D eigenvalue weighted by atomic mass is 32.2. The zero-order chi connectivity index (χ0) is 26.7. The maximum Gasteiger partial charge on any atom is 0.253 e. The average Bonchev–Trinajstić information content (AvgIpc) is 2.90. The summed E-state index contributed by atoms with van der Waals surface area (Å²) in [4.78, 5) is 22.4. The van der Waals surface area contributed by atoms with Crippen LogP contribution >= 0.6 is 0 Å². The molecule has 0 unspecified atom stereocenters. The van der Waals surface area contributed by atoms with Crippen molar-refractivity contribution < 1.29 is 27.4 Å². The zero-order valence-corrected chi connectivity index (χ0v) is 21.6. The van der Waals surface area contributed by atoms with Crippen molar-refractivity contribution in [1.29, 1.82) is 0 Å². The number of halogens is 1. The number of aromatic nitrogens is 2. The molecule has 0 saturated heterocycles. The first-order valence-electron chi connectivity index (χ1n) is 11.8. The monoisotopic (exact) mass is 528 g/mol. The molecule has 0 fully saturated rings. The van der Waals surface area contributed by atoms with E-state index in [0.29, 0.717) is 11.1 Å². The fourth-order valence-corrected chi connectivity index (χ4v) is 6.09. The van der Waals surface area contributed by atoms with Gasteiger partial charge in [0.2, 0.25) is 10.0 Å². The van der Waals surface area contributed by atoms with Gasteiger partial charge in [0, 0.05) is 49.1 Å². The number of nitrogens with zero attached hydrogens (tertiary/aromatic N) is 4. The summed E-state index contributed by atoms with van der Waals surface area (Å²) >= 11 is 0. The number of carbonyl (C=O) groups excluding carboxylic acids is 1. The maximum absolute atomic E-state index is 13.7. The standard InChI is InChI=1S/C26H29FN4O5S/c1-17-13-31(18(2)15-32)37(34,35)25-8-7-19(21-11-28-16-29-12-21)10-23(25)36-24(17)14-30(3)26(33)20-5-4-6-22(27)9-20/h4-12,16-18,24,32H,13-15H2,1-3H3/t17-,18-,24+/m1/s1. The molecule has 0 saturated carbocycles. The Kier molecular flexibility index (Phi) is 7.86. The van der Waals surface area contributed by atoms with Crippen molar-refractivity contribution in [3.8, 4) is 16.9 Å². The number of carbonyl (C=O) groups is 1. The summed E-state index contributed by atoms with van der Waals surface area (Å²) in [6.45, 7) is 3.30. The van der Waals surface area contributed by atoms with Crippen molar-refractivity contribution in [2.75, 3.05) is 26.7 Å². The Hall–Kier alpha value is -3.41. The summed E-state index contributed by atoms with van der Waals surface area (Å²) in [5.74, 6) is -1.14. The first-order chi connectivity index (χ1) is 17.6. The van der Waals surface area contributed by atoms with Crippen LogP contribution in [-0.2, 0) is 10.0 Å². The van der Waals surface area contributed by atoms with Crippen molar-refractivity contribution in [1.82, 2.24) is 19.2 Å². The molecule has 9 nitrogen and oxygen atoms in total. The summed E-state index contributed by atoms with van der Waals surface area (Å²) in [5, 5.41) is 9.81. The molecule has 196 valence electrons. The Labute approximate surface area is 215 Å². The van der Waals surface area contributed by atoms with Crippen LogP contribution in [0.25, 0.3) is 11.1 Å². The molecule has 1 amide bonds. The fraction of sp³-hybridized carbons (Fsp3) is 0.346. The minimum absolute atomic E-state index is 0.0376. The molecular weight excluding hydrogens is 499 g/mol. The van der Waals surface area contributed by atoms with Crippen LogP contribution in [0.3, 0.4) is 0 Å². The molecular formula is C26H29FN4O5S. The molecule has 4 rings (SSSR count). The highest BCUT2D eigenvalue weighted by molar-refractivity contribution is 7.89. The van der Waals surface area contributed by atoms with Crippen LogP contribution in [0.4, 0.5) is 4.39 Å². The van der Waals surface area contributed by atoms with Crippen LogP contribution in [0, 0.1) is 11.7 Å². The molecule has 3 atom stereocenters. The lowest BCUT2D eigenvalue weighted by Crippen LogP contribution is -2.50. The third-order valence-electron chi connectivity index (χ3n) is 6.43. The van der Waals surface area contributed by atoms with Gasteiger partial charge >= 0.3 is 0 Å². The summed E-state index contributed by atoms with van der Waals surface area (Å²) in [6.07, 6.45) is 4.01. The number of fused-ring (bicyclic) bond motifs is 1. The number of aliphatic hydroxyl groups excluding tert-OH is 1. The van der Waals surface area contributed by atoms with Crippen LogP contribution in [0.1, 0.15) is 24.2 Å². The van der Waals surface area contributed by atoms with Gasteiger partial charge in [-0.1, -0.05) is 19.1 Å². The summed E-state index contributed by atoms with van der Waals surface area (Å²) in [7, 11) is -2.42. The lowest BCUT2D eigenvalue weighted by Gasteiger charge is -2.37. The third kappa shape index (κ3) is 5.63. The van der Waals surface area contributed by atoms with Crippen molar-refractivity contribution in [2.45, 2.75) is 30.9 Å². The SMILES string of the molecule is C[C@@H]1CN([C@H](C)CO)S(=O)(=O)c2ccc(-c3cncnc3)cc2O[C@H]1CN(C)C(=O)c1cccc(F)c1. The van der Waals surface area contributed by atoms with Crippen LogP contribution < -0.4 is 4.74 Å². The molecule has 2 heterocycles. The van der Waals surface area contributed by atoms with Crippen LogP contribution in [0.2, 0.25) is 0 Å². The molecule has 1 aliphatic heterocycles. The van der Waals surface area contributed by atoms with E-state index in [1.54, 1.807) is 38.5 Å². The van der Waals surface area contributed by atoms with Crippen LogP contribution in [0.15, 0.2) is 66.1 Å². The Bertz CT molecular complexity index is 1370. The number of sulfonamides is 1. The summed E-state index contributed by atoms with van der Waals surface area (Å²) in [6, 6.07) is 9.50. The van der Waals surface area contributed by atoms with Gasteiger partial charge in [-0.05, 0) is 42.8 Å². The van der Waals surface area contributed by atoms with Crippen molar-refractivity contribution in [3.05, 3.63) is 72.6 Å². The summed E-state index contributed by atoms with van der Waals surface area (Å²) in [5.41, 5.74) is 1.54. The molecule has 1 aromatic heterocycles. The average molecular weight is 529 g/mol. The third-order valence-corrected chi connectivity index (χ3v) is 8.45. The normalized spacial score (nSPS) is 20.1. The van der Waals surface area contributed by atoms with E-state index in [0.717, 1.165) is 0 Å². The van der Waals surface area contributed by atoms with Crippen molar-refractivity contribution in [2.24, 2.45) is 5.92 Å². The highest BCUT2D eigenvalue weighted by Gasteiger charge is 2.38. The van der Waals surface area contributed by atoms with Gasteiger partial charge in [-0.2, -0.15) is 4.31 Å². The van der Waals surface area contributed by atoms with E-state index in [2.05, 4.69) is 9.97 Å². The van der Waals surface area contributed by atoms with Gasteiger partial charge in [0.15, 0.2) is 0 Å². The van der Waals surface area contributed by atoms with Crippen LogP contribution in [-0.4, -0.2) is 77.5 Å². The lowest BCUT2D eigenvalue weighted by molar-refractivity contribution is 0.0563. The molecule has 0 radical (unpaired) electrons. The van der Waals surface area contributed by atoms with E-state index in [9.17, 15) is 22.7 Å². The van der Waals surface area contributed by atoms with E-state index in [-0.39, 0.29) is 47.7 Å². The second kappa shape index (κ2) is 10.9. The molecule has 2 aromatic carbocycles. The first kappa shape index (κ1) is 26.6. The molecule has 37 heavy (non-hydrogen) atoms. The zero-order valence-electron chi connectivity index (χ0n) is 20.8. The smallest absolute Gasteiger partial charge is 0.253 e. The number of amides is 1. The molecule has 1 aliphatic rings. The van der Waals surface area contributed by atoms with E-state index in [1.165, 1.54) is 45.9 Å². The maximum atomic E-state index is 13.7. The Morgan fingerprint density at radius 3 is 2.62 bits per heavy atom. The van der Waals surface area contributed by atoms with E-state index >= 15 is 0 Å². The predicted molar refractivity (Wildman–Crippen MR) is 135 cm³/mol. The minimum atomic E-state index is -4.01. The van der Waals surface area contributed by atoms with Gasteiger partial charge in [-0.15, -0.1) is 0 Å². The Morgan fingerprint density at radius 2 is 1.95 bits per heavy atom. The van der Waals surface area contributed by atoms with Crippen molar-refractivity contribution >= 4 is 15.9 Å². The largest absolute Gasteiger partial charge is 0.487 e. The van der Waals surface area contributed by atoms with Gasteiger partial charge in [0.25, 0.3) is 5.91 Å². The molecule has 1 N–H and O–H groups in total. The number of rotatable bonds is 6. The van der Waals surface area contributed by atoms with E-state index < -0.39 is 28.0 Å². The number of benzene rings is 2. The molecule has 0 bridgehead atoms. The Morgan fingerprint density at radius 1 is 1.22 bits per heavy atom. The van der Waals surface area contributed by atoms with Gasteiger partial charge in [-0.25, -0.2) is 22.8 Å². The fourth-order valence-electron chi connectivity index (χ4n) is 4.27. The first-order valence-corrected chi connectivity index (χ1v) is 13.3. The number of aliphatic hydroxyl groups is 1. The highest BCUT2D eigenvalue weighted by Crippen LogP contribution is 2.36. The van der Waals surface area contributed by atoms with E-state index in [4.69, 9.17) is 4.74 Å². The number of ether oxygens (including phenoxy) is 1. The lowest BCUT2D eigenvalue weighted by atomic mass is 10.0. The topological polar surface area (TPSA) is 113 Å². The van der Waals surface area contributed by atoms with Gasteiger partial charge in [0.1, 0.15) is 28.9 Å². The number of hydrogen-bond donors (Lipinski definition) is 1. The number of hydrogen-bond acceptors (Lipinski definition) is 7. The number of likely N-dealkylation sites (N-methyl/N-ethyl adjacent to an activating group) is 1. The molecule has 0 spiro atoms. The van der Waals surface area contributed by atoms with E-state index in [1.807, 2.05) is 6.92 Å². The second-order valence-electron chi connectivity index (χ2n) is 9.22. The molecule has 11 heteroatoms. The predicted octanol–water partition coefficient (Wildman–Crippen LogP) is 2.82. The quantitative estimate of drug-likeness (QED) is 0.524. The van der Waals surface area contributed by atoms with Crippen molar-refractivity contribution in [3.63, 3.8) is 0 Å². The second-order valence-corrected chi connectivity index (χ2v) is 11.1. The minimum Gasteiger partial charge on any atom is -0.487 e. The Balaban J connectivity index is 1.74. The molecule has 0 aliphatic carbocycles. The molecule has 3 aromatic rings.